The molecule has 1 atom stereocenters. The van der Waals surface area contributed by atoms with Gasteiger partial charge < -0.3 is 19.7 Å². The van der Waals surface area contributed by atoms with E-state index in [1.807, 2.05) is 42.2 Å². The van der Waals surface area contributed by atoms with Crippen LogP contribution in [0.1, 0.15) is 18.1 Å². The van der Waals surface area contributed by atoms with Crippen molar-refractivity contribution >= 4 is 11.6 Å². The third kappa shape index (κ3) is 4.55. The van der Waals surface area contributed by atoms with Crippen LogP contribution in [-0.4, -0.2) is 50.3 Å². The molecule has 0 spiro atoms. The lowest BCUT2D eigenvalue weighted by Gasteiger charge is -2.29. The van der Waals surface area contributed by atoms with Crippen molar-refractivity contribution in [3.8, 4) is 5.75 Å². The van der Waals surface area contributed by atoms with Gasteiger partial charge in [-0.25, -0.2) is 0 Å². The van der Waals surface area contributed by atoms with E-state index in [0.29, 0.717) is 26.3 Å². The van der Waals surface area contributed by atoms with E-state index in [1.54, 1.807) is 7.11 Å². The molecule has 0 radical (unpaired) electrons. The normalized spacial score (nSPS) is 15.4. The van der Waals surface area contributed by atoms with Crippen LogP contribution in [0.3, 0.4) is 0 Å². The number of carbonyl (C=O) groups excluding carboxylic acids is 1. The number of methoxy groups -OCH3 is 1. The highest BCUT2D eigenvalue weighted by Crippen LogP contribution is 2.26. The van der Waals surface area contributed by atoms with Crippen LogP contribution >= 0.6 is 0 Å². The molecule has 0 aliphatic carbocycles. The zero-order valence-corrected chi connectivity index (χ0v) is 15.4. The molecule has 2 aromatic carbocycles. The van der Waals surface area contributed by atoms with Gasteiger partial charge in [-0.1, -0.05) is 30.3 Å². The maximum Gasteiger partial charge on any atom is 0.244 e. The Labute approximate surface area is 154 Å². The van der Waals surface area contributed by atoms with Gasteiger partial charge in [-0.3, -0.25) is 4.79 Å². The number of nitrogens with one attached hydrogen (secondary N) is 1. The van der Waals surface area contributed by atoms with Gasteiger partial charge in [0.15, 0.2) is 0 Å². The van der Waals surface area contributed by atoms with Gasteiger partial charge >= 0.3 is 0 Å². The van der Waals surface area contributed by atoms with E-state index in [4.69, 9.17) is 9.47 Å². The zero-order chi connectivity index (χ0) is 18.4. The van der Waals surface area contributed by atoms with Gasteiger partial charge in [0, 0.05) is 30.8 Å². The molecule has 5 nitrogen and oxygen atoms in total. The molecule has 0 saturated carbocycles. The Hall–Kier alpha value is -2.53. The van der Waals surface area contributed by atoms with Crippen LogP contribution in [-0.2, 0) is 16.0 Å². The number of amides is 1. The van der Waals surface area contributed by atoms with Crippen LogP contribution in [0.4, 0.5) is 5.69 Å². The lowest BCUT2D eigenvalue weighted by molar-refractivity contribution is -0.135. The molecular weight excluding hydrogens is 328 g/mol. The number of benzene rings is 2. The smallest absolute Gasteiger partial charge is 0.244 e. The number of ether oxygens (including phenoxy) is 2. The molecule has 0 aromatic heterocycles. The summed E-state index contributed by atoms with van der Waals surface area (Å²) in [5, 5.41) is 3.33. The summed E-state index contributed by atoms with van der Waals surface area (Å²) in [5.41, 5.74) is 3.24. The molecule has 3 rings (SSSR count). The van der Waals surface area contributed by atoms with Crippen LogP contribution in [0.25, 0.3) is 0 Å². The van der Waals surface area contributed by atoms with Crippen molar-refractivity contribution in [3.05, 3.63) is 59.7 Å². The second kappa shape index (κ2) is 8.72. The van der Waals surface area contributed by atoms with Gasteiger partial charge in [0.05, 0.1) is 20.3 Å². The van der Waals surface area contributed by atoms with E-state index in [9.17, 15) is 4.79 Å². The molecule has 1 heterocycles. The zero-order valence-electron chi connectivity index (χ0n) is 15.4. The van der Waals surface area contributed by atoms with Crippen molar-refractivity contribution in [2.24, 2.45) is 0 Å². The minimum absolute atomic E-state index is 0.105. The summed E-state index contributed by atoms with van der Waals surface area (Å²) in [4.78, 5) is 14.4. The number of hydrogen-bond donors (Lipinski definition) is 1. The van der Waals surface area contributed by atoms with Crippen LogP contribution in [0, 0.1) is 0 Å². The number of hydrogen-bond acceptors (Lipinski definition) is 4. The Bertz CT molecular complexity index is 727. The van der Waals surface area contributed by atoms with E-state index in [1.165, 1.54) is 5.56 Å². The highest BCUT2D eigenvalue weighted by molar-refractivity contribution is 5.84. The molecule has 0 bridgehead atoms. The van der Waals surface area contributed by atoms with Gasteiger partial charge in [-0.2, -0.15) is 0 Å². The summed E-state index contributed by atoms with van der Waals surface area (Å²) in [6.45, 7) is 4.45. The van der Waals surface area contributed by atoms with Gasteiger partial charge in [0.2, 0.25) is 5.91 Å². The highest BCUT2D eigenvalue weighted by atomic mass is 16.5. The molecule has 1 N–H and O–H groups in total. The fourth-order valence-corrected chi connectivity index (χ4v) is 3.19. The Balaban J connectivity index is 1.71. The van der Waals surface area contributed by atoms with Gasteiger partial charge in [-0.05, 0) is 30.7 Å². The fraction of sp³-hybridized carbons (Fsp3) is 0.381. The predicted octanol–water partition coefficient (Wildman–Crippen LogP) is 2.95. The summed E-state index contributed by atoms with van der Waals surface area (Å²) in [6, 6.07) is 16.0. The van der Waals surface area contributed by atoms with Crippen LogP contribution in [0.2, 0.25) is 0 Å². The van der Waals surface area contributed by atoms with Gasteiger partial charge in [0.25, 0.3) is 0 Å². The molecule has 1 amide bonds. The summed E-state index contributed by atoms with van der Waals surface area (Å²) < 4.78 is 10.8. The first-order valence-electron chi connectivity index (χ1n) is 9.01. The van der Waals surface area contributed by atoms with Crippen LogP contribution in [0.5, 0.6) is 5.75 Å². The minimum Gasteiger partial charge on any atom is -0.496 e. The predicted molar refractivity (Wildman–Crippen MR) is 103 cm³/mol. The van der Waals surface area contributed by atoms with Crippen molar-refractivity contribution in [1.82, 2.24) is 4.90 Å². The van der Waals surface area contributed by atoms with E-state index in [2.05, 4.69) is 23.5 Å². The first kappa shape index (κ1) is 18.3. The van der Waals surface area contributed by atoms with Crippen molar-refractivity contribution in [1.29, 1.82) is 0 Å². The largest absolute Gasteiger partial charge is 0.496 e. The van der Waals surface area contributed by atoms with Crippen molar-refractivity contribution in [3.63, 3.8) is 0 Å². The summed E-state index contributed by atoms with van der Waals surface area (Å²) in [7, 11) is 1.68. The number of nitrogens with zero attached hydrogens (tertiary/aromatic N) is 1. The molecule has 1 fully saturated rings. The summed E-state index contributed by atoms with van der Waals surface area (Å²) >= 11 is 0. The van der Waals surface area contributed by atoms with Crippen LogP contribution in [0.15, 0.2) is 48.5 Å². The second-order valence-corrected chi connectivity index (χ2v) is 6.49. The van der Waals surface area contributed by atoms with E-state index in [0.717, 1.165) is 23.4 Å². The number of anilines is 1. The lowest BCUT2D eigenvalue weighted by Crippen LogP contribution is -2.47. The topological polar surface area (TPSA) is 50.8 Å². The molecule has 1 aliphatic heterocycles. The molecule has 0 unspecified atom stereocenters. The summed E-state index contributed by atoms with van der Waals surface area (Å²) in [5.74, 6) is 0.959. The molecule has 138 valence electrons. The van der Waals surface area contributed by atoms with E-state index < -0.39 is 0 Å². The van der Waals surface area contributed by atoms with E-state index >= 15 is 0 Å². The third-order valence-electron chi connectivity index (χ3n) is 4.59. The fourth-order valence-electron chi connectivity index (χ4n) is 3.19. The standard InChI is InChI=1S/C21H26N2O3/c1-16(21(24)23-10-12-26-13-11-23)22-19-8-9-20(25-2)18(15-19)14-17-6-4-3-5-7-17/h3-9,15-16,22H,10-14H2,1-2H3/t16-/m1/s1. The van der Waals surface area contributed by atoms with Crippen molar-refractivity contribution < 1.29 is 14.3 Å². The monoisotopic (exact) mass is 354 g/mol. The first-order chi connectivity index (χ1) is 12.7. The highest BCUT2D eigenvalue weighted by Gasteiger charge is 2.22. The minimum atomic E-state index is -0.286. The average molecular weight is 354 g/mol. The van der Waals surface area contributed by atoms with Crippen molar-refractivity contribution in [2.75, 3.05) is 38.7 Å². The second-order valence-electron chi connectivity index (χ2n) is 6.49. The lowest BCUT2D eigenvalue weighted by atomic mass is 10.0. The average Bonchev–Trinajstić information content (AvgIpc) is 2.69. The van der Waals surface area contributed by atoms with Crippen molar-refractivity contribution in [2.45, 2.75) is 19.4 Å². The molecule has 1 aliphatic rings. The third-order valence-corrected chi connectivity index (χ3v) is 4.59. The Kier molecular flexibility index (Phi) is 6.12. The molecular formula is C21H26N2O3. The van der Waals surface area contributed by atoms with Crippen LogP contribution < -0.4 is 10.1 Å². The quantitative estimate of drug-likeness (QED) is 0.867. The molecule has 2 aromatic rings. The molecule has 5 heteroatoms. The first-order valence-corrected chi connectivity index (χ1v) is 9.01. The molecule has 26 heavy (non-hydrogen) atoms. The number of morpholine rings is 1. The SMILES string of the molecule is COc1ccc(N[C@H](C)C(=O)N2CCOCC2)cc1Cc1ccccc1. The Morgan fingerprint density at radius 3 is 2.62 bits per heavy atom. The number of carbonyl (C=O) groups is 1. The Morgan fingerprint density at radius 1 is 1.19 bits per heavy atom. The maximum atomic E-state index is 12.6. The molecule has 1 saturated heterocycles. The maximum absolute atomic E-state index is 12.6. The summed E-state index contributed by atoms with van der Waals surface area (Å²) in [6.07, 6.45) is 0.783. The van der Waals surface area contributed by atoms with Gasteiger partial charge in [0.1, 0.15) is 11.8 Å². The van der Waals surface area contributed by atoms with E-state index in [-0.39, 0.29) is 11.9 Å². The Morgan fingerprint density at radius 2 is 1.92 bits per heavy atom. The number of rotatable bonds is 6. The van der Waals surface area contributed by atoms with Gasteiger partial charge in [-0.15, -0.1) is 0 Å².